The lowest BCUT2D eigenvalue weighted by Crippen LogP contribution is -2.47. The molecule has 0 unspecified atom stereocenters. The van der Waals surface area contributed by atoms with E-state index in [-0.39, 0.29) is 61.6 Å². The Balaban J connectivity index is 0.000000231. The number of nitrogens with one attached hydrogen (secondary N) is 2. The molecule has 0 radical (unpaired) electrons. The van der Waals surface area contributed by atoms with Crippen LogP contribution in [0.3, 0.4) is 0 Å². The first-order chi connectivity index (χ1) is 55.0. The van der Waals surface area contributed by atoms with Gasteiger partial charge in [0.1, 0.15) is 48.6 Å². The zero-order chi connectivity index (χ0) is 86.5. The topological polar surface area (TPSA) is 484 Å². The van der Waals surface area contributed by atoms with Gasteiger partial charge < -0.3 is 49.2 Å². The van der Waals surface area contributed by atoms with Gasteiger partial charge in [-0.05, 0) is 165 Å². The first-order valence-electron chi connectivity index (χ1n) is 37.8. The molecule has 0 atom stereocenters. The molecule has 6 aromatic carbocycles. The molecule has 0 saturated heterocycles. The number of rotatable bonds is 28. The third-order valence-electron chi connectivity index (χ3n) is 22.3. The largest absolute Gasteiger partial charge is 0.748 e. The Labute approximate surface area is 682 Å². The predicted molar refractivity (Wildman–Crippen MR) is 445 cm³/mol. The lowest BCUT2D eigenvalue weighted by Gasteiger charge is -2.42. The molecular formula is C82H92N12O20S4. The molecule has 0 aliphatic carbocycles. The van der Waals surface area contributed by atoms with Crippen LogP contribution in [0.4, 0.5) is 11.4 Å². The second-order valence-electron chi connectivity index (χ2n) is 32.2. The van der Waals surface area contributed by atoms with Crippen LogP contribution in [0.5, 0.6) is 23.0 Å². The molecule has 2 amide bonds. The van der Waals surface area contributed by atoms with Crippen LogP contribution in [0.1, 0.15) is 193 Å². The van der Waals surface area contributed by atoms with Gasteiger partial charge in [0, 0.05) is 156 Å². The van der Waals surface area contributed by atoms with Crippen molar-refractivity contribution < 1.29 is 90.7 Å². The van der Waals surface area contributed by atoms with E-state index >= 15 is 0 Å². The molecule has 0 aromatic heterocycles. The van der Waals surface area contributed by atoms with E-state index in [9.17, 15) is 81.3 Å². The summed E-state index contributed by atoms with van der Waals surface area (Å²) in [4.78, 5) is 62.4. The molecule has 6 aliphatic rings. The molecule has 32 nitrogen and oxygen atoms in total. The van der Waals surface area contributed by atoms with Crippen LogP contribution < -0.4 is 60.2 Å². The minimum absolute atomic E-state index is 0.0930. The third kappa shape index (κ3) is 19.2. The number of hydrogen-bond donors (Lipinski definition) is 6. The van der Waals surface area contributed by atoms with E-state index in [1.807, 2.05) is 103 Å². The highest BCUT2D eigenvalue weighted by Crippen LogP contribution is 2.49. The maximum absolute atomic E-state index is 13.6. The first kappa shape index (κ1) is 87.8. The maximum Gasteiger partial charge on any atom is 0.336 e. The van der Waals surface area contributed by atoms with Gasteiger partial charge in [0.25, 0.3) is 32.1 Å². The second-order valence-corrected chi connectivity index (χ2v) is 37.9. The summed E-state index contributed by atoms with van der Waals surface area (Å²) in [6, 6.07) is 22.0. The highest BCUT2D eigenvalue weighted by atomic mass is 32.2. The smallest absolute Gasteiger partial charge is 0.336 e. The summed E-state index contributed by atoms with van der Waals surface area (Å²) in [6.07, 6.45) is 12.8. The molecule has 36 heteroatoms. The van der Waals surface area contributed by atoms with E-state index in [1.54, 1.807) is 72.8 Å². The number of ether oxygens (including phenoxy) is 2. The van der Waals surface area contributed by atoms with Crippen LogP contribution in [0.2, 0.25) is 0 Å². The Kier molecular flexibility index (Phi) is 24.8. The van der Waals surface area contributed by atoms with Crippen LogP contribution in [0.15, 0.2) is 119 Å². The third-order valence-corrected chi connectivity index (χ3v) is 25.0. The summed E-state index contributed by atoms with van der Waals surface area (Å²) in [5.41, 5.74) is 19.3. The van der Waals surface area contributed by atoms with Crippen LogP contribution in [0.25, 0.3) is 54.3 Å². The van der Waals surface area contributed by atoms with E-state index in [1.165, 1.54) is 36.4 Å². The van der Waals surface area contributed by atoms with E-state index in [0.29, 0.717) is 133 Å². The highest BCUT2D eigenvalue weighted by Gasteiger charge is 2.41. The van der Waals surface area contributed by atoms with Crippen molar-refractivity contribution in [2.75, 3.05) is 87.2 Å². The fraction of sp³-hybridized carbons (Fsp3) is 0.390. The number of aromatic carboxylic acids is 2. The fourth-order valence-corrected chi connectivity index (χ4v) is 18.2. The van der Waals surface area contributed by atoms with Crippen molar-refractivity contribution in [3.05, 3.63) is 218 Å². The summed E-state index contributed by atoms with van der Waals surface area (Å²) >= 11 is 0. The average Bonchev–Trinajstić information content (AvgIpc) is 0.719. The molecule has 6 heterocycles. The number of carboxylic acid groups (broad SMARTS) is 2. The quantitative estimate of drug-likeness (QED) is 0.00663. The van der Waals surface area contributed by atoms with Gasteiger partial charge in [0.15, 0.2) is 11.1 Å². The number of nitrogens with zero attached hydrogens (tertiary/aromatic N) is 10. The van der Waals surface area contributed by atoms with Crippen molar-refractivity contribution >= 4 is 109 Å². The molecule has 6 N–H and O–H groups in total. The SMILES string of the molecule is CN1c2cc3c(cc2C(CS(=O)(=O)[O-])=CC1(C)C)C(c1cc(C(=O)NCCCCCCN=[N+]=[N-])ccc1C(=O)O)=c1cc2c(cc1O3)=[N+](C)C(C)(C)C=C2CS(=O)(=O)O.CN1c2cc3c(cc2C(CS(=O)(=O)[O-])=CC1(C)C)C(c1ccc(C(=O)NCCCCCCN=[N+]=[N-])cc1C(=O)O)=c1cc2c(cc1O3)=[N+](C)C(C)(C)C=C2CS(=O)(=O)O. The summed E-state index contributed by atoms with van der Waals surface area (Å²) in [6.45, 7) is 16.4. The van der Waals surface area contributed by atoms with E-state index in [2.05, 4.69) is 30.7 Å². The Morgan fingerprint density at radius 1 is 0.458 bits per heavy atom. The molecular weight excluding hydrogens is 1600 g/mol. The number of carbonyl (C=O) groups is 4. The molecule has 6 aliphatic heterocycles. The predicted octanol–water partition coefficient (Wildman–Crippen LogP) is 9.36. The van der Waals surface area contributed by atoms with E-state index < -0.39 is 109 Å². The van der Waals surface area contributed by atoms with E-state index in [0.717, 1.165) is 38.5 Å². The van der Waals surface area contributed by atoms with Gasteiger partial charge in [-0.25, -0.2) is 35.6 Å². The highest BCUT2D eigenvalue weighted by molar-refractivity contribution is 7.87. The zero-order valence-corrected chi connectivity index (χ0v) is 70.4. The van der Waals surface area contributed by atoms with Crippen LogP contribution in [-0.2, 0) is 40.5 Å². The normalized spacial score (nSPS) is 16.3. The summed E-state index contributed by atoms with van der Waals surface area (Å²) < 4.78 is 160. The fourth-order valence-electron chi connectivity index (χ4n) is 15.7. The molecule has 118 heavy (non-hydrogen) atoms. The Bertz CT molecular complexity index is 6300. The Morgan fingerprint density at radius 2 is 0.839 bits per heavy atom. The van der Waals surface area contributed by atoms with Crippen LogP contribution in [-0.4, -0.2) is 185 Å². The molecule has 0 spiro atoms. The monoisotopic (exact) mass is 1690 g/mol. The molecule has 12 rings (SSSR count). The number of fused-ring (bicyclic) bond motifs is 8. The number of anilines is 2. The van der Waals surface area contributed by atoms with Gasteiger partial charge in [0.05, 0.1) is 77.2 Å². The molecule has 0 fully saturated rings. The van der Waals surface area contributed by atoms with Crippen molar-refractivity contribution in [1.82, 2.24) is 19.8 Å². The summed E-state index contributed by atoms with van der Waals surface area (Å²) in [5, 5.41) is 35.9. The van der Waals surface area contributed by atoms with Gasteiger partial charge >= 0.3 is 11.9 Å². The Hall–Kier alpha value is -11.0. The van der Waals surface area contributed by atoms with Crippen molar-refractivity contribution in [3.8, 4) is 23.0 Å². The minimum Gasteiger partial charge on any atom is -0.748 e. The number of unbranched alkanes of at least 4 members (excludes halogenated alkanes) is 6. The van der Waals surface area contributed by atoms with Crippen molar-refractivity contribution in [3.63, 3.8) is 0 Å². The average molecular weight is 1690 g/mol. The Morgan fingerprint density at radius 3 is 1.23 bits per heavy atom. The summed E-state index contributed by atoms with van der Waals surface area (Å²) in [7, 11) is -11.2. The molecule has 6 aromatic rings. The number of hydrogen-bond acceptors (Lipinski definition) is 20. The standard InChI is InChI=1S/2C41H46N6O10S2/c1-40(2)20-25(22-58(51,52)53)28-16-31-35(18-33(28)46(40)5)57-36-19-34-29(26(23-59(54,55)56)21-41(3,4)47(34)6)17-32(36)37(31)30-15-24(11-12-27(30)39(49)50)38(48)43-13-9-7-8-10-14-44-45-42;1-40(2)20-25(22-58(51,52)53)28-16-31-35(18-33(28)46(40)5)57-36-19-34-29(26(23-59(54,55)56)21-41(3,4)47(34)6)17-32(36)37(31)27-12-11-24(15-30(27)39(49)50)38(48)43-13-9-7-8-10-14-44-45-42/h2*11-12,15-21H,7-10,13-14,22-23H2,1-6H3,(H3-,43,48,49,50,51,52,53,54,55,56). The molecule has 624 valence electrons. The van der Waals surface area contributed by atoms with Gasteiger partial charge in [0.2, 0.25) is 10.7 Å². The summed E-state index contributed by atoms with van der Waals surface area (Å²) in [5.74, 6) is -5.47. The lowest BCUT2D eigenvalue weighted by molar-refractivity contribution is 0.0685. The number of amides is 2. The van der Waals surface area contributed by atoms with Gasteiger partial charge in [-0.1, -0.05) is 54.1 Å². The first-order valence-corrected chi connectivity index (χ1v) is 44.2. The van der Waals surface area contributed by atoms with Gasteiger partial charge in [-0.15, -0.1) is 0 Å². The maximum atomic E-state index is 13.6. The number of benzene rings is 6. The zero-order valence-electron chi connectivity index (χ0n) is 67.1. The number of carboxylic acids is 2. The molecule has 0 saturated carbocycles. The van der Waals surface area contributed by atoms with Gasteiger partial charge in [-0.2, -0.15) is 16.8 Å². The second kappa shape index (κ2) is 33.4. The van der Waals surface area contributed by atoms with E-state index in [4.69, 9.17) is 20.5 Å². The van der Waals surface area contributed by atoms with Crippen molar-refractivity contribution in [2.45, 2.75) is 129 Å². The van der Waals surface area contributed by atoms with Crippen LogP contribution in [0, 0.1) is 0 Å². The molecule has 0 bridgehead atoms. The minimum atomic E-state index is -4.76. The lowest BCUT2D eigenvalue weighted by atomic mass is 9.83. The number of likely N-dealkylation sites (N-methyl/N-ethyl adjacent to an activating group) is 4. The van der Waals surface area contributed by atoms with Crippen molar-refractivity contribution in [1.29, 1.82) is 0 Å². The van der Waals surface area contributed by atoms with Crippen molar-refractivity contribution in [2.24, 2.45) is 10.2 Å². The van der Waals surface area contributed by atoms with Gasteiger partial charge in [-0.3, -0.25) is 18.7 Å². The van der Waals surface area contributed by atoms with Crippen LogP contribution >= 0.6 is 0 Å². The number of azide groups is 2. The number of carbonyl (C=O) groups excluding carboxylic acids is 2.